The predicted octanol–water partition coefficient (Wildman–Crippen LogP) is 6.08. The van der Waals surface area contributed by atoms with E-state index >= 15 is 0 Å². The fourth-order valence-corrected chi connectivity index (χ4v) is 5.49. The molecule has 1 aliphatic rings. The van der Waals surface area contributed by atoms with Gasteiger partial charge in [-0.2, -0.15) is 0 Å². The topological polar surface area (TPSA) is 59.2 Å². The van der Waals surface area contributed by atoms with Crippen LogP contribution in [0.5, 0.6) is 0 Å². The van der Waals surface area contributed by atoms with Crippen molar-refractivity contribution < 1.29 is 4.79 Å². The molecule has 1 saturated heterocycles. The number of anilines is 1. The molecule has 0 bridgehead atoms. The van der Waals surface area contributed by atoms with Crippen molar-refractivity contribution in [3.05, 3.63) is 71.6 Å². The molecule has 156 valence electrons. The number of pyridine rings is 1. The van der Waals surface area contributed by atoms with Crippen LogP contribution < -0.4 is 5.73 Å². The van der Waals surface area contributed by atoms with Crippen LogP contribution in [0, 0.1) is 5.92 Å². The van der Waals surface area contributed by atoms with Crippen LogP contribution in [-0.2, 0) is 0 Å². The Balaban J connectivity index is 1.69. The summed E-state index contributed by atoms with van der Waals surface area (Å²) < 4.78 is 0. The Labute approximate surface area is 186 Å². The van der Waals surface area contributed by atoms with Crippen LogP contribution in [0.3, 0.4) is 0 Å². The lowest BCUT2D eigenvalue weighted by Gasteiger charge is -2.30. The van der Waals surface area contributed by atoms with E-state index in [1.165, 1.54) is 17.8 Å². The van der Waals surface area contributed by atoms with Crippen LogP contribution in [0.1, 0.15) is 29.4 Å². The normalized spacial score (nSPS) is 16.5. The molecule has 4 aromatic rings. The molecule has 5 rings (SSSR count). The molecule has 2 aromatic heterocycles. The molecule has 0 spiro atoms. The van der Waals surface area contributed by atoms with Crippen molar-refractivity contribution in [3.8, 4) is 22.4 Å². The molecule has 1 amide bonds. The molecule has 2 N–H and O–H groups in total. The summed E-state index contributed by atoms with van der Waals surface area (Å²) in [5, 5.41) is 0.879. The maximum absolute atomic E-state index is 13.4. The van der Waals surface area contributed by atoms with Crippen LogP contribution in [0.15, 0.2) is 66.7 Å². The Bertz CT molecular complexity index is 1230. The SMILES string of the molecule is CC1CCCN(C(=O)c2sc3nc(-c4ccccc4)cc(-c4ccccc4)c3c2N)C1. The maximum atomic E-state index is 13.4. The van der Waals surface area contributed by atoms with Gasteiger partial charge in [0.2, 0.25) is 0 Å². The smallest absolute Gasteiger partial charge is 0.266 e. The zero-order valence-corrected chi connectivity index (χ0v) is 18.4. The first-order chi connectivity index (χ1) is 15.1. The van der Waals surface area contributed by atoms with E-state index in [4.69, 9.17) is 10.7 Å². The van der Waals surface area contributed by atoms with Gasteiger partial charge < -0.3 is 10.6 Å². The Kier molecular flexibility index (Phi) is 5.20. The Morgan fingerprint density at radius 3 is 2.42 bits per heavy atom. The molecule has 0 radical (unpaired) electrons. The van der Waals surface area contributed by atoms with E-state index < -0.39 is 0 Å². The molecule has 1 aliphatic heterocycles. The third-order valence-electron chi connectivity index (χ3n) is 5.99. The van der Waals surface area contributed by atoms with E-state index in [-0.39, 0.29) is 5.91 Å². The van der Waals surface area contributed by atoms with Gasteiger partial charge in [0.1, 0.15) is 9.71 Å². The lowest BCUT2D eigenvalue weighted by molar-refractivity contribution is 0.0689. The number of likely N-dealkylation sites (tertiary alicyclic amines) is 1. The third-order valence-corrected chi connectivity index (χ3v) is 7.08. The van der Waals surface area contributed by atoms with Crippen molar-refractivity contribution in [2.75, 3.05) is 18.8 Å². The fourth-order valence-electron chi connectivity index (χ4n) is 4.40. The molecule has 1 fully saturated rings. The monoisotopic (exact) mass is 427 g/mol. The highest BCUT2D eigenvalue weighted by atomic mass is 32.1. The number of amides is 1. The first-order valence-electron chi connectivity index (χ1n) is 10.7. The van der Waals surface area contributed by atoms with E-state index in [2.05, 4.69) is 37.3 Å². The predicted molar refractivity (Wildman–Crippen MR) is 129 cm³/mol. The number of aromatic nitrogens is 1. The Morgan fingerprint density at radius 2 is 1.74 bits per heavy atom. The summed E-state index contributed by atoms with van der Waals surface area (Å²) in [5.41, 5.74) is 11.2. The molecule has 1 atom stereocenters. The first kappa shape index (κ1) is 19.8. The Hall–Kier alpha value is -3.18. The van der Waals surface area contributed by atoms with Crippen LogP contribution in [0.25, 0.3) is 32.6 Å². The number of thiophene rings is 1. The molecule has 4 nitrogen and oxygen atoms in total. The van der Waals surface area contributed by atoms with Gasteiger partial charge in [-0.15, -0.1) is 11.3 Å². The van der Waals surface area contributed by atoms with Crippen molar-refractivity contribution in [2.45, 2.75) is 19.8 Å². The summed E-state index contributed by atoms with van der Waals surface area (Å²) >= 11 is 1.42. The van der Waals surface area contributed by atoms with Gasteiger partial charge in [0.25, 0.3) is 5.91 Å². The zero-order chi connectivity index (χ0) is 21.4. The van der Waals surface area contributed by atoms with E-state index in [0.29, 0.717) is 16.5 Å². The van der Waals surface area contributed by atoms with Crippen LogP contribution >= 0.6 is 11.3 Å². The largest absolute Gasteiger partial charge is 0.397 e. The van der Waals surface area contributed by atoms with Gasteiger partial charge in [-0.05, 0) is 36.0 Å². The number of nitrogens with two attached hydrogens (primary N) is 1. The van der Waals surface area contributed by atoms with E-state index in [1.54, 1.807) is 0 Å². The average Bonchev–Trinajstić information content (AvgIpc) is 3.15. The highest BCUT2D eigenvalue weighted by molar-refractivity contribution is 7.21. The quantitative estimate of drug-likeness (QED) is 0.431. The number of fused-ring (bicyclic) bond motifs is 1. The van der Waals surface area contributed by atoms with Gasteiger partial charge in [-0.1, -0.05) is 67.6 Å². The number of benzene rings is 2. The van der Waals surface area contributed by atoms with E-state index in [0.717, 1.165) is 52.1 Å². The molecule has 31 heavy (non-hydrogen) atoms. The zero-order valence-electron chi connectivity index (χ0n) is 17.5. The second kappa shape index (κ2) is 8.16. The van der Waals surface area contributed by atoms with Crippen molar-refractivity contribution in [3.63, 3.8) is 0 Å². The minimum absolute atomic E-state index is 0.0346. The molecular weight excluding hydrogens is 402 g/mol. The third kappa shape index (κ3) is 3.70. The highest BCUT2D eigenvalue weighted by Gasteiger charge is 2.27. The minimum atomic E-state index is 0.0346. The molecule has 1 unspecified atom stereocenters. The Morgan fingerprint density at radius 1 is 1.06 bits per heavy atom. The number of nitrogen functional groups attached to an aromatic ring is 1. The lowest BCUT2D eigenvalue weighted by Crippen LogP contribution is -2.39. The minimum Gasteiger partial charge on any atom is -0.397 e. The second-order valence-corrected chi connectivity index (χ2v) is 9.31. The maximum Gasteiger partial charge on any atom is 0.266 e. The molecule has 0 saturated carbocycles. The summed E-state index contributed by atoms with van der Waals surface area (Å²) in [7, 11) is 0. The van der Waals surface area contributed by atoms with Gasteiger partial charge in [0, 0.05) is 24.0 Å². The van der Waals surface area contributed by atoms with Crippen molar-refractivity contribution in [2.24, 2.45) is 5.92 Å². The lowest BCUT2D eigenvalue weighted by atomic mass is 9.99. The number of piperidine rings is 1. The summed E-state index contributed by atoms with van der Waals surface area (Å²) in [6, 6.07) is 22.4. The van der Waals surface area contributed by atoms with Gasteiger partial charge in [0.15, 0.2) is 0 Å². The molecule has 5 heteroatoms. The number of hydrogen-bond acceptors (Lipinski definition) is 4. The van der Waals surface area contributed by atoms with Crippen LogP contribution in [-0.4, -0.2) is 28.9 Å². The number of carbonyl (C=O) groups excluding carboxylic acids is 1. The average molecular weight is 428 g/mol. The molecule has 2 aromatic carbocycles. The van der Waals surface area contributed by atoms with Gasteiger partial charge >= 0.3 is 0 Å². The van der Waals surface area contributed by atoms with Crippen molar-refractivity contribution >= 4 is 33.1 Å². The van der Waals surface area contributed by atoms with Crippen LogP contribution in [0.4, 0.5) is 5.69 Å². The van der Waals surface area contributed by atoms with Gasteiger partial charge in [0.05, 0.1) is 11.4 Å². The summed E-state index contributed by atoms with van der Waals surface area (Å²) in [6.45, 7) is 3.79. The fraction of sp³-hybridized carbons (Fsp3) is 0.231. The summed E-state index contributed by atoms with van der Waals surface area (Å²) in [6.07, 6.45) is 2.22. The number of rotatable bonds is 3. The van der Waals surface area contributed by atoms with Gasteiger partial charge in [-0.25, -0.2) is 4.98 Å². The van der Waals surface area contributed by atoms with Crippen molar-refractivity contribution in [1.29, 1.82) is 0 Å². The van der Waals surface area contributed by atoms with Crippen molar-refractivity contribution in [1.82, 2.24) is 9.88 Å². The van der Waals surface area contributed by atoms with Gasteiger partial charge in [-0.3, -0.25) is 4.79 Å². The summed E-state index contributed by atoms with van der Waals surface area (Å²) in [5.74, 6) is 0.559. The highest BCUT2D eigenvalue weighted by Crippen LogP contribution is 2.42. The number of nitrogens with zero attached hydrogens (tertiary/aromatic N) is 2. The number of hydrogen-bond donors (Lipinski definition) is 1. The van der Waals surface area contributed by atoms with E-state index in [1.807, 2.05) is 41.3 Å². The van der Waals surface area contributed by atoms with E-state index in [9.17, 15) is 4.79 Å². The van der Waals surface area contributed by atoms with Crippen LogP contribution in [0.2, 0.25) is 0 Å². The summed E-state index contributed by atoms with van der Waals surface area (Å²) in [4.78, 5) is 21.7. The molecule has 0 aliphatic carbocycles. The molecular formula is C26H25N3OS. The number of carbonyl (C=O) groups is 1. The first-order valence-corrected chi connectivity index (χ1v) is 11.6. The molecule has 3 heterocycles. The standard InChI is InChI=1S/C26H25N3OS/c1-17-9-8-14-29(16-17)26(30)24-23(27)22-20(18-10-4-2-5-11-18)15-21(28-25(22)31-24)19-12-6-3-7-13-19/h2-7,10-13,15,17H,8-9,14,16,27H2,1H3. The second-order valence-electron chi connectivity index (χ2n) is 8.31.